The van der Waals surface area contributed by atoms with Crippen molar-refractivity contribution < 1.29 is 14.3 Å². The number of fused-ring (bicyclic) bond motifs is 1. The Kier molecular flexibility index (Phi) is 4.04. The number of para-hydroxylation sites is 2. The Morgan fingerprint density at radius 1 is 1.16 bits per heavy atom. The molecule has 0 spiro atoms. The van der Waals surface area contributed by atoms with E-state index >= 15 is 0 Å². The van der Waals surface area contributed by atoms with E-state index in [1.165, 1.54) is 0 Å². The summed E-state index contributed by atoms with van der Waals surface area (Å²) in [7, 11) is 0. The minimum absolute atomic E-state index is 0.164. The number of nitrogens with zero attached hydrogens (tertiary/aromatic N) is 3. The lowest BCUT2D eigenvalue weighted by Gasteiger charge is -2.25. The van der Waals surface area contributed by atoms with E-state index in [1.807, 2.05) is 36.4 Å². The number of rotatable bonds is 4. The van der Waals surface area contributed by atoms with E-state index < -0.39 is 6.10 Å². The quantitative estimate of drug-likeness (QED) is 0.789. The van der Waals surface area contributed by atoms with Crippen molar-refractivity contribution in [3.63, 3.8) is 0 Å². The molecule has 1 aliphatic rings. The van der Waals surface area contributed by atoms with Gasteiger partial charge in [-0.15, -0.1) is 0 Å². The molecule has 3 aromatic rings. The topological polar surface area (TPSA) is 78.3 Å². The molecule has 1 amide bonds. The predicted octanol–water partition coefficient (Wildman–Crippen LogP) is 2.10. The summed E-state index contributed by atoms with van der Waals surface area (Å²) in [5, 5.41) is 7.09. The van der Waals surface area contributed by atoms with Gasteiger partial charge >= 0.3 is 0 Å². The maximum Gasteiger partial charge on any atom is 0.270 e. The summed E-state index contributed by atoms with van der Waals surface area (Å²) >= 11 is 0. The van der Waals surface area contributed by atoms with Crippen molar-refractivity contribution in [2.75, 3.05) is 11.9 Å². The van der Waals surface area contributed by atoms with E-state index in [-0.39, 0.29) is 12.5 Å². The molecule has 0 saturated carbocycles. The first-order valence-electron chi connectivity index (χ1n) is 7.91. The fraction of sp³-hybridized carbons (Fsp3) is 0.167. The number of carbonyl (C=O) groups is 1. The smallest absolute Gasteiger partial charge is 0.270 e. The van der Waals surface area contributed by atoms with Gasteiger partial charge in [-0.25, -0.2) is 0 Å². The molecule has 126 valence electrons. The molecule has 2 aromatic heterocycles. The van der Waals surface area contributed by atoms with Crippen LogP contribution in [0.1, 0.15) is 5.69 Å². The van der Waals surface area contributed by atoms with Gasteiger partial charge in [-0.05, 0) is 24.3 Å². The van der Waals surface area contributed by atoms with Crippen molar-refractivity contribution >= 4 is 11.7 Å². The van der Waals surface area contributed by atoms with Gasteiger partial charge in [-0.3, -0.25) is 14.5 Å². The lowest BCUT2D eigenvalue weighted by Crippen LogP contribution is -2.40. The molecule has 1 N–H and O–H groups in total. The number of ether oxygens (including phenoxy) is 2. The van der Waals surface area contributed by atoms with Crippen LogP contribution in [0.2, 0.25) is 0 Å². The van der Waals surface area contributed by atoms with E-state index in [2.05, 4.69) is 15.4 Å². The van der Waals surface area contributed by atoms with Crippen molar-refractivity contribution in [2.45, 2.75) is 12.6 Å². The van der Waals surface area contributed by atoms with E-state index in [1.54, 1.807) is 29.2 Å². The fourth-order valence-electron chi connectivity index (χ4n) is 2.53. The van der Waals surface area contributed by atoms with Crippen molar-refractivity contribution in [3.05, 3.63) is 66.6 Å². The zero-order valence-electron chi connectivity index (χ0n) is 13.3. The second-order valence-corrected chi connectivity index (χ2v) is 5.57. The molecule has 25 heavy (non-hydrogen) atoms. The standard InChI is InChI=1S/C18H16N4O3/c23-18(16-12-24-14-6-1-2-7-15(14)25-16)20-17-8-10-22(21-17)11-13-5-3-4-9-19-13/h1-10,16H,11-12H2,(H,20,21,23). The zero-order valence-corrected chi connectivity index (χ0v) is 13.3. The van der Waals surface area contributed by atoms with Crippen LogP contribution in [-0.4, -0.2) is 33.4 Å². The molecule has 3 heterocycles. The van der Waals surface area contributed by atoms with E-state index in [4.69, 9.17) is 9.47 Å². The number of pyridine rings is 1. The molecule has 0 aliphatic carbocycles. The van der Waals surface area contributed by atoms with E-state index in [0.29, 0.717) is 23.9 Å². The average molecular weight is 336 g/mol. The third-order valence-electron chi connectivity index (χ3n) is 3.74. The van der Waals surface area contributed by atoms with Gasteiger partial charge in [0.1, 0.15) is 6.61 Å². The van der Waals surface area contributed by atoms with Crippen LogP contribution in [0.15, 0.2) is 60.9 Å². The van der Waals surface area contributed by atoms with Gasteiger partial charge in [0.15, 0.2) is 17.3 Å². The van der Waals surface area contributed by atoms with Gasteiger partial charge in [-0.2, -0.15) is 5.10 Å². The molecule has 1 aromatic carbocycles. The first-order chi connectivity index (χ1) is 12.3. The Bertz CT molecular complexity index is 879. The molecule has 1 aliphatic heterocycles. The fourth-order valence-corrected chi connectivity index (χ4v) is 2.53. The normalized spacial score (nSPS) is 15.6. The molecule has 1 unspecified atom stereocenters. The summed E-state index contributed by atoms with van der Waals surface area (Å²) < 4.78 is 13.0. The molecular weight excluding hydrogens is 320 g/mol. The number of aromatic nitrogens is 3. The molecule has 0 bridgehead atoms. The Hall–Kier alpha value is -3.35. The Morgan fingerprint density at radius 3 is 2.84 bits per heavy atom. The Labute approximate surface area is 144 Å². The maximum absolute atomic E-state index is 12.4. The van der Waals surface area contributed by atoms with Crippen LogP contribution in [0.4, 0.5) is 5.82 Å². The molecule has 7 nitrogen and oxygen atoms in total. The summed E-state index contributed by atoms with van der Waals surface area (Å²) in [6.45, 7) is 0.699. The van der Waals surface area contributed by atoms with E-state index in [0.717, 1.165) is 5.69 Å². The van der Waals surface area contributed by atoms with Gasteiger partial charge < -0.3 is 14.8 Å². The number of amides is 1. The predicted molar refractivity (Wildman–Crippen MR) is 90.5 cm³/mol. The molecule has 1 atom stereocenters. The van der Waals surface area contributed by atoms with Crippen LogP contribution >= 0.6 is 0 Å². The van der Waals surface area contributed by atoms with Crippen LogP contribution in [0.3, 0.4) is 0 Å². The van der Waals surface area contributed by atoms with E-state index in [9.17, 15) is 4.79 Å². The van der Waals surface area contributed by atoms with Crippen LogP contribution in [-0.2, 0) is 11.3 Å². The minimum Gasteiger partial charge on any atom is -0.485 e. The minimum atomic E-state index is -0.712. The van der Waals surface area contributed by atoms with Crippen molar-refractivity contribution in [1.82, 2.24) is 14.8 Å². The second-order valence-electron chi connectivity index (χ2n) is 5.57. The largest absolute Gasteiger partial charge is 0.485 e. The number of hydrogen-bond donors (Lipinski definition) is 1. The highest BCUT2D eigenvalue weighted by Crippen LogP contribution is 2.31. The summed E-state index contributed by atoms with van der Waals surface area (Å²) in [5.41, 5.74) is 0.893. The Morgan fingerprint density at radius 2 is 2.00 bits per heavy atom. The highest BCUT2D eigenvalue weighted by Gasteiger charge is 2.27. The number of anilines is 1. The highest BCUT2D eigenvalue weighted by atomic mass is 16.6. The van der Waals surface area contributed by atoms with Gasteiger partial charge in [0.05, 0.1) is 12.2 Å². The number of carbonyl (C=O) groups excluding carboxylic acids is 1. The van der Waals surface area contributed by atoms with Crippen LogP contribution in [0, 0.1) is 0 Å². The first kappa shape index (κ1) is 15.2. The van der Waals surface area contributed by atoms with Gasteiger partial charge in [0.25, 0.3) is 5.91 Å². The molecular formula is C18H16N4O3. The SMILES string of the molecule is O=C(Nc1ccn(Cc2ccccn2)n1)C1COc2ccccc2O1. The third-order valence-corrected chi connectivity index (χ3v) is 3.74. The van der Waals surface area contributed by atoms with Crippen LogP contribution in [0.25, 0.3) is 0 Å². The van der Waals surface area contributed by atoms with Gasteiger partial charge in [0, 0.05) is 18.5 Å². The van der Waals surface area contributed by atoms with Crippen molar-refractivity contribution in [3.8, 4) is 11.5 Å². The summed E-state index contributed by atoms with van der Waals surface area (Å²) in [5.74, 6) is 1.38. The third kappa shape index (κ3) is 3.45. The van der Waals surface area contributed by atoms with Crippen molar-refractivity contribution in [1.29, 1.82) is 0 Å². The first-order valence-corrected chi connectivity index (χ1v) is 7.91. The molecule has 4 rings (SSSR count). The van der Waals surface area contributed by atoms with Gasteiger partial charge in [0.2, 0.25) is 6.10 Å². The second kappa shape index (κ2) is 6.64. The molecule has 0 fully saturated rings. The summed E-state index contributed by atoms with van der Waals surface area (Å²) in [6, 6.07) is 14.7. The van der Waals surface area contributed by atoms with Crippen molar-refractivity contribution in [2.24, 2.45) is 0 Å². The summed E-state index contributed by atoms with van der Waals surface area (Å²) in [6.07, 6.45) is 2.81. The number of hydrogen-bond acceptors (Lipinski definition) is 5. The number of benzene rings is 1. The van der Waals surface area contributed by atoms with Crippen LogP contribution in [0.5, 0.6) is 11.5 Å². The number of nitrogens with one attached hydrogen (secondary N) is 1. The van der Waals surface area contributed by atoms with Gasteiger partial charge in [-0.1, -0.05) is 18.2 Å². The van der Waals surface area contributed by atoms with Crippen LogP contribution < -0.4 is 14.8 Å². The lowest BCUT2D eigenvalue weighted by atomic mass is 10.2. The summed E-state index contributed by atoms with van der Waals surface area (Å²) in [4.78, 5) is 16.6. The maximum atomic E-state index is 12.4. The Balaban J connectivity index is 1.39. The molecule has 0 radical (unpaired) electrons. The average Bonchev–Trinajstić information content (AvgIpc) is 3.09. The molecule has 7 heteroatoms. The monoisotopic (exact) mass is 336 g/mol. The zero-order chi connectivity index (χ0) is 17.1. The lowest BCUT2D eigenvalue weighted by molar-refractivity contribution is -0.125. The molecule has 0 saturated heterocycles. The highest BCUT2D eigenvalue weighted by molar-refractivity contribution is 5.93.